The zero-order valence-electron chi connectivity index (χ0n) is 19.0. The highest BCUT2D eigenvalue weighted by Crippen LogP contribution is 2.42. The number of hydrogen-bond acceptors (Lipinski definition) is 8. The third kappa shape index (κ3) is 5.46. The van der Waals surface area contributed by atoms with Crippen LogP contribution in [0.5, 0.6) is 0 Å². The Balaban J connectivity index is 0.000000405. The average Bonchev–Trinajstić information content (AvgIpc) is 3.22. The van der Waals surface area contributed by atoms with Crippen LogP contribution in [0.4, 0.5) is 5.69 Å². The topological polar surface area (TPSA) is 128 Å². The van der Waals surface area contributed by atoms with E-state index in [2.05, 4.69) is 11.9 Å². The molecule has 0 spiro atoms. The molecule has 10 nitrogen and oxygen atoms in total. The van der Waals surface area contributed by atoms with Crippen molar-refractivity contribution >= 4 is 23.5 Å². The summed E-state index contributed by atoms with van der Waals surface area (Å²) in [4.78, 5) is 47.9. The molecule has 0 saturated carbocycles. The van der Waals surface area contributed by atoms with Crippen LogP contribution in [0.15, 0.2) is 59.6 Å². The largest absolute Gasteiger partial charge is 0.466 e. The minimum Gasteiger partial charge on any atom is -0.466 e. The van der Waals surface area contributed by atoms with Gasteiger partial charge in [-0.1, -0.05) is 24.8 Å². The molecule has 0 atom stereocenters. The maximum atomic E-state index is 12.3. The number of allylic oxidation sites excluding steroid dienone is 2. The number of nitrogens with zero attached hydrogens (tertiary/aromatic N) is 2. The summed E-state index contributed by atoms with van der Waals surface area (Å²) in [5.41, 5.74) is 1.19. The number of carbonyl (C=O) groups is 3. The minimum atomic E-state index is -0.970. The molecule has 1 aromatic rings. The molecule has 1 fully saturated rings. The Kier molecular flexibility index (Phi) is 8.49. The lowest BCUT2D eigenvalue weighted by Gasteiger charge is -2.29. The number of nitro groups is 1. The van der Waals surface area contributed by atoms with Crippen LogP contribution in [0.3, 0.4) is 0 Å². The second-order valence-corrected chi connectivity index (χ2v) is 7.31. The lowest BCUT2D eigenvalue weighted by atomic mass is 9.79. The number of hydrogen-bond donors (Lipinski definition) is 1. The van der Waals surface area contributed by atoms with Crippen molar-refractivity contribution in [2.45, 2.75) is 32.6 Å². The number of dihydropyridines is 1. The van der Waals surface area contributed by atoms with Crippen LogP contribution in [0.1, 0.15) is 38.2 Å². The van der Waals surface area contributed by atoms with E-state index in [1.165, 1.54) is 32.4 Å². The highest BCUT2D eigenvalue weighted by atomic mass is 16.6. The lowest BCUT2D eigenvalue weighted by molar-refractivity contribution is -0.385. The van der Waals surface area contributed by atoms with E-state index in [0.717, 1.165) is 13.0 Å². The molecule has 1 aromatic carbocycles. The van der Waals surface area contributed by atoms with Gasteiger partial charge in [-0.15, -0.1) is 0 Å². The van der Waals surface area contributed by atoms with Gasteiger partial charge >= 0.3 is 11.9 Å². The first kappa shape index (κ1) is 25.3. The smallest absolute Gasteiger partial charge is 0.336 e. The van der Waals surface area contributed by atoms with E-state index in [-0.39, 0.29) is 28.3 Å². The maximum Gasteiger partial charge on any atom is 0.336 e. The Hall–Kier alpha value is -3.95. The number of amides is 1. The van der Waals surface area contributed by atoms with E-state index < -0.39 is 22.8 Å². The van der Waals surface area contributed by atoms with Gasteiger partial charge in [-0.2, -0.15) is 0 Å². The first-order valence-corrected chi connectivity index (χ1v) is 10.2. The number of ether oxygens (including phenoxy) is 2. The summed E-state index contributed by atoms with van der Waals surface area (Å²) < 4.78 is 9.66. The van der Waals surface area contributed by atoms with Crippen LogP contribution in [0.25, 0.3) is 0 Å². The molecule has 3 rings (SSSR count). The molecule has 2 aliphatic heterocycles. The summed E-state index contributed by atoms with van der Waals surface area (Å²) in [6.45, 7) is 7.65. The second kappa shape index (κ2) is 11.1. The maximum absolute atomic E-state index is 12.3. The molecule has 0 bridgehead atoms. The number of methoxy groups -OCH3 is 2. The third-order valence-corrected chi connectivity index (χ3v) is 5.35. The molecule has 2 aliphatic rings. The molecule has 0 unspecified atom stereocenters. The molecule has 10 heteroatoms. The van der Waals surface area contributed by atoms with Crippen molar-refractivity contribution < 1.29 is 28.8 Å². The number of nitrogens with one attached hydrogen (secondary N) is 1. The number of nitro benzene ring substituents is 1. The van der Waals surface area contributed by atoms with E-state index in [0.29, 0.717) is 17.8 Å². The van der Waals surface area contributed by atoms with Gasteiger partial charge in [0.25, 0.3) is 5.69 Å². The summed E-state index contributed by atoms with van der Waals surface area (Å²) in [6.07, 6.45) is 3.28. The highest BCUT2D eigenvalue weighted by molar-refractivity contribution is 6.00. The second-order valence-electron chi connectivity index (χ2n) is 7.31. The molecule has 33 heavy (non-hydrogen) atoms. The Morgan fingerprint density at radius 1 is 1.15 bits per heavy atom. The van der Waals surface area contributed by atoms with Crippen molar-refractivity contribution in [3.8, 4) is 0 Å². The summed E-state index contributed by atoms with van der Waals surface area (Å²) in [5, 5.41) is 14.4. The average molecular weight is 457 g/mol. The van der Waals surface area contributed by atoms with Gasteiger partial charge in [0.05, 0.1) is 36.2 Å². The van der Waals surface area contributed by atoms with Gasteiger partial charge in [0.2, 0.25) is 5.91 Å². The van der Waals surface area contributed by atoms with Crippen LogP contribution in [0, 0.1) is 10.1 Å². The molecule has 0 radical (unpaired) electrons. The van der Waals surface area contributed by atoms with E-state index in [1.807, 2.05) is 0 Å². The molecule has 1 N–H and O–H groups in total. The molecule has 2 heterocycles. The van der Waals surface area contributed by atoms with Gasteiger partial charge in [0, 0.05) is 36.0 Å². The van der Waals surface area contributed by atoms with Gasteiger partial charge in [-0.25, -0.2) is 9.59 Å². The number of rotatable bonds is 5. The van der Waals surface area contributed by atoms with Crippen molar-refractivity contribution in [2.75, 3.05) is 20.8 Å². The lowest BCUT2D eigenvalue weighted by Crippen LogP contribution is -2.32. The molecule has 176 valence electrons. The minimum absolute atomic E-state index is 0.128. The molecule has 1 amide bonds. The summed E-state index contributed by atoms with van der Waals surface area (Å²) in [6, 6.07) is 5.97. The number of para-hydroxylation sites is 1. The van der Waals surface area contributed by atoms with Crippen LogP contribution in [-0.4, -0.2) is 48.4 Å². The fraction of sp³-hybridized carbons (Fsp3) is 0.348. The van der Waals surface area contributed by atoms with Crippen molar-refractivity contribution in [1.82, 2.24) is 10.2 Å². The number of benzene rings is 1. The third-order valence-electron chi connectivity index (χ3n) is 5.35. The fourth-order valence-corrected chi connectivity index (χ4v) is 3.83. The van der Waals surface area contributed by atoms with Crippen LogP contribution < -0.4 is 5.32 Å². The van der Waals surface area contributed by atoms with Crippen LogP contribution in [-0.2, 0) is 23.9 Å². The fourth-order valence-electron chi connectivity index (χ4n) is 3.83. The van der Waals surface area contributed by atoms with E-state index in [1.54, 1.807) is 31.0 Å². The number of carbonyl (C=O) groups excluding carboxylic acids is 3. The summed E-state index contributed by atoms with van der Waals surface area (Å²) in [7, 11) is 2.42. The Morgan fingerprint density at radius 3 is 2.09 bits per heavy atom. The highest BCUT2D eigenvalue weighted by Gasteiger charge is 2.40. The van der Waals surface area contributed by atoms with Crippen molar-refractivity contribution in [2.24, 2.45) is 0 Å². The normalized spacial score (nSPS) is 16.0. The van der Waals surface area contributed by atoms with E-state index in [4.69, 9.17) is 9.47 Å². The van der Waals surface area contributed by atoms with Crippen molar-refractivity contribution in [1.29, 1.82) is 0 Å². The number of likely N-dealkylation sites (tertiary alicyclic amines) is 1. The SMILES string of the molecule is C=CN1CCCC1=O.COC(=O)C1=C(C)NC(C)=C(C(=O)OC)C1c1ccccc1[N+](=O)[O-]. The molecule has 0 aliphatic carbocycles. The van der Waals surface area contributed by atoms with Gasteiger partial charge in [0.15, 0.2) is 0 Å². The predicted octanol–water partition coefficient (Wildman–Crippen LogP) is 2.93. The molecular weight excluding hydrogens is 430 g/mol. The molecule has 0 aromatic heterocycles. The van der Waals surface area contributed by atoms with Gasteiger partial charge in [-0.3, -0.25) is 14.9 Å². The van der Waals surface area contributed by atoms with Crippen molar-refractivity contribution in [3.63, 3.8) is 0 Å². The molecule has 1 saturated heterocycles. The quantitative estimate of drug-likeness (QED) is 0.406. The monoisotopic (exact) mass is 457 g/mol. The van der Waals surface area contributed by atoms with Gasteiger partial charge in [-0.05, 0) is 26.5 Å². The zero-order chi connectivity index (χ0) is 24.7. The summed E-state index contributed by atoms with van der Waals surface area (Å²) >= 11 is 0. The van der Waals surface area contributed by atoms with E-state index in [9.17, 15) is 24.5 Å². The van der Waals surface area contributed by atoms with Crippen LogP contribution in [0.2, 0.25) is 0 Å². The van der Waals surface area contributed by atoms with E-state index >= 15 is 0 Å². The Morgan fingerprint density at radius 2 is 1.70 bits per heavy atom. The predicted molar refractivity (Wildman–Crippen MR) is 120 cm³/mol. The molecular formula is C23H27N3O7. The first-order chi connectivity index (χ1) is 15.7. The van der Waals surface area contributed by atoms with Crippen LogP contribution >= 0.6 is 0 Å². The standard InChI is InChI=1S/C17H18N2O6.C6H9NO/c1-9-13(16(20)24-3)15(14(10(2)18-9)17(21)25-4)11-7-5-6-8-12(11)19(22)23;1-2-7-5-3-4-6(7)8/h5-8,15,18H,1-4H3;2H,1,3-5H2. The zero-order valence-corrected chi connectivity index (χ0v) is 19.0. The van der Waals surface area contributed by atoms with Gasteiger partial charge in [0.1, 0.15) is 0 Å². The van der Waals surface area contributed by atoms with Crippen molar-refractivity contribution in [3.05, 3.63) is 75.3 Å². The Bertz CT molecular complexity index is 1000. The Labute approximate surface area is 191 Å². The summed E-state index contributed by atoms with van der Waals surface area (Å²) in [5.74, 6) is -2.12. The first-order valence-electron chi connectivity index (χ1n) is 10.2. The number of esters is 2. The van der Waals surface area contributed by atoms with Gasteiger partial charge < -0.3 is 19.7 Å².